The van der Waals surface area contributed by atoms with Crippen LogP contribution in [0.1, 0.15) is 24.0 Å². The fourth-order valence-corrected chi connectivity index (χ4v) is 3.14. The molecule has 136 valence electrons. The lowest BCUT2D eigenvalue weighted by Crippen LogP contribution is -2.47. The van der Waals surface area contributed by atoms with E-state index in [0.29, 0.717) is 13.2 Å². The molecule has 5 nitrogen and oxygen atoms in total. The van der Waals surface area contributed by atoms with Crippen molar-refractivity contribution < 1.29 is 14.3 Å². The highest BCUT2D eigenvalue weighted by molar-refractivity contribution is 5.85. The summed E-state index contributed by atoms with van der Waals surface area (Å²) in [6.07, 6.45) is 2.03. The van der Waals surface area contributed by atoms with E-state index >= 15 is 0 Å². The van der Waals surface area contributed by atoms with Crippen molar-refractivity contribution in [2.24, 2.45) is 5.41 Å². The summed E-state index contributed by atoms with van der Waals surface area (Å²) in [6, 6.07) is 5.97. The van der Waals surface area contributed by atoms with Crippen LogP contribution in [-0.4, -0.2) is 45.9 Å². The van der Waals surface area contributed by atoms with E-state index in [-0.39, 0.29) is 30.3 Å². The maximum Gasteiger partial charge on any atom is 0.257 e. The minimum Gasteiger partial charge on any atom is -0.483 e. The summed E-state index contributed by atoms with van der Waals surface area (Å²) < 4.78 is 11.1. The third-order valence-electron chi connectivity index (χ3n) is 4.53. The van der Waals surface area contributed by atoms with Crippen molar-refractivity contribution in [1.29, 1.82) is 0 Å². The molecule has 1 aromatic rings. The highest BCUT2D eigenvalue weighted by Gasteiger charge is 2.32. The summed E-state index contributed by atoms with van der Waals surface area (Å²) in [7, 11) is 1.72. The van der Waals surface area contributed by atoms with Gasteiger partial charge in [0.1, 0.15) is 5.75 Å². The molecule has 24 heavy (non-hydrogen) atoms. The number of hydrogen-bond donors (Lipinski definition) is 2. The molecule has 2 N–H and O–H groups in total. The third-order valence-corrected chi connectivity index (χ3v) is 4.53. The van der Waals surface area contributed by atoms with E-state index in [0.717, 1.165) is 42.8 Å². The van der Waals surface area contributed by atoms with E-state index in [2.05, 4.69) is 10.6 Å². The molecule has 1 amide bonds. The zero-order chi connectivity index (χ0) is 16.7. The highest BCUT2D eigenvalue weighted by atomic mass is 35.5. The number of carbonyl (C=O) groups excluding carboxylic acids is 1. The Morgan fingerprint density at radius 2 is 1.88 bits per heavy atom. The number of benzene rings is 1. The predicted molar refractivity (Wildman–Crippen MR) is 98.1 cm³/mol. The maximum absolute atomic E-state index is 12.1. The molecule has 0 saturated carbocycles. The molecule has 0 atom stereocenters. The van der Waals surface area contributed by atoms with Gasteiger partial charge in [-0.3, -0.25) is 4.79 Å². The molecular formula is C18H29ClN2O3. The van der Waals surface area contributed by atoms with Gasteiger partial charge in [-0.25, -0.2) is 0 Å². The molecule has 2 rings (SSSR count). The van der Waals surface area contributed by atoms with Crippen LogP contribution in [0, 0.1) is 19.3 Å². The summed E-state index contributed by atoms with van der Waals surface area (Å²) in [4.78, 5) is 12.1. The van der Waals surface area contributed by atoms with Gasteiger partial charge < -0.3 is 20.1 Å². The summed E-state index contributed by atoms with van der Waals surface area (Å²) in [5.41, 5.74) is 2.13. The lowest BCUT2D eigenvalue weighted by molar-refractivity contribution is -0.124. The number of halogens is 1. The summed E-state index contributed by atoms with van der Waals surface area (Å²) in [5.74, 6) is 0.720. The first-order chi connectivity index (χ1) is 11.1. The fraction of sp³-hybridized carbons (Fsp3) is 0.611. The van der Waals surface area contributed by atoms with Gasteiger partial charge in [-0.05, 0) is 50.9 Å². The van der Waals surface area contributed by atoms with Crippen LogP contribution in [0.4, 0.5) is 0 Å². The van der Waals surface area contributed by atoms with Gasteiger partial charge in [0.05, 0.1) is 6.61 Å². The van der Waals surface area contributed by atoms with Crippen LogP contribution in [0.25, 0.3) is 0 Å². The van der Waals surface area contributed by atoms with Crippen LogP contribution in [0.2, 0.25) is 0 Å². The fourth-order valence-electron chi connectivity index (χ4n) is 3.14. The van der Waals surface area contributed by atoms with Crippen LogP contribution in [0.3, 0.4) is 0 Å². The lowest BCUT2D eigenvalue weighted by Gasteiger charge is -2.37. The lowest BCUT2D eigenvalue weighted by atomic mass is 9.79. The Bertz CT molecular complexity index is 505. The number of methoxy groups -OCH3 is 1. The Morgan fingerprint density at radius 1 is 1.25 bits per heavy atom. The summed E-state index contributed by atoms with van der Waals surface area (Å²) >= 11 is 0. The molecule has 0 aromatic heterocycles. The van der Waals surface area contributed by atoms with Crippen LogP contribution in [-0.2, 0) is 9.53 Å². The second-order valence-electron chi connectivity index (χ2n) is 6.47. The number of rotatable bonds is 7. The highest BCUT2D eigenvalue weighted by Crippen LogP contribution is 2.28. The van der Waals surface area contributed by atoms with Crippen LogP contribution < -0.4 is 15.4 Å². The van der Waals surface area contributed by atoms with Gasteiger partial charge >= 0.3 is 0 Å². The first kappa shape index (κ1) is 20.7. The third kappa shape index (κ3) is 5.65. The molecule has 1 fully saturated rings. The summed E-state index contributed by atoms with van der Waals surface area (Å²) in [5, 5.41) is 6.37. The van der Waals surface area contributed by atoms with Crippen LogP contribution in [0.5, 0.6) is 5.75 Å². The van der Waals surface area contributed by atoms with E-state index in [9.17, 15) is 4.79 Å². The minimum atomic E-state index is -0.0818. The number of piperidine rings is 1. The van der Waals surface area contributed by atoms with Gasteiger partial charge in [0.25, 0.3) is 5.91 Å². The van der Waals surface area contributed by atoms with E-state index in [1.165, 1.54) is 0 Å². The molecule has 0 radical (unpaired) electrons. The average Bonchev–Trinajstić information content (AvgIpc) is 2.54. The van der Waals surface area contributed by atoms with E-state index < -0.39 is 0 Å². The number of aryl methyl sites for hydroxylation is 2. The molecule has 1 aliphatic rings. The smallest absolute Gasteiger partial charge is 0.257 e. The van der Waals surface area contributed by atoms with Gasteiger partial charge in [-0.2, -0.15) is 0 Å². The Hall–Kier alpha value is -1.30. The van der Waals surface area contributed by atoms with Crippen molar-refractivity contribution in [2.75, 3.05) is 40.0 Å². The minimum absolute atomic E-state index is 0. The van der Waals surface area contributed by atoms with Gasteiger partial charge in [0, 0.05) is 19.1 Å². The van der Waals surface area contributed by atoms with Gasteiger partial charge in [0.15, 0.2) is 6.61 Å². The van der Waals surface area contributed by atoms with Crippen molar-refractivity contribution in [2.45, 2.75) is 26.7 Å². The van der Waals surface area contributed by atoms with E-state index in [1.54, 1.807) is 7.11 Å². The molecule has 0 unspecified atom stereocenters. The number of hydrogen-bond acceptors (Lipinski definition) is 4. The molecule has 6 heteroatoms. The second kappa shape index (κ2) is 9.87. The second-order valence-corrected chi connectivity index (χ2v) is 6.47. The first-order valence-electron chi connectivity index (χ1n) is 8.22. The molecule has 0 bridgehead atoms. The molecule has 0 aliphatic carbocycles. The predicted octanol–water partition coefficient (Wildman–Crippen LogP) is 2.24. The van der Waals surface area contributed by atoms with Gasteiger partial charge in [0.2, 0.25) is 0 Å². The van der Waals surface area contributed by atoms with Crippen molar-refractivity contribution in [3.63, 3.8) is 0 Å². The number of nitrogens with one attached hydrogen (secondary N) is 2. The normalized spacial score (nSPS) is 16.1. The Morgan fingerprint density at radius 3 is 2.46 bits per heavy atom. The molecule has 1 saturated heterocycles. The van der Waals surface area contributed by atoms with Gasteiger partial charge in [-0.1, -0.05) is 18.2 Å². The van der Waals surface area contributed by atoms with Gasteiger partial charge in [-0.15, -0.1) is 12.4 Å². The molecular weight excluding hydrogens is 328 g/mol. The Kier molecular flexibility index (Phi) is 8.53. The zero-order valence-corrected chi connectivity index (χ0v) is 15.6. The zero-order valence-electron chi connectivity index (χ0n) is 14.8. The molecule has 1 heterocycles. The van der Waals surface area contributed by atoms with E-state index in [4.69, 9.17) is 9.47 Å². The molecule has 1 aliphatic heterocycles. The Balaban J connectivity index is 0.00000288. The van der Waals surface area contributed by atoms with Crippen molar-refractivity contribution in [3.05, 3.63) is 29.3 Å². The topological polar surface area (TPSA) is 59.6 Å². The quantitative estimate of drug-likeness (QED) is 0.786. The van der Waals surface area contributed by atoms with Crippen molar-refractivity contribution >= 4 is 18.3 Å². The Labute approximate surface area is 150 Å². The maximum atomic E-state index is 12.1. The molecule has 1 aromatic carbocycles. The van der Waals surface area contributed by atoms with Crippen LogP contribution >= 0.6 is 12.4 Å². The number of carbonyl (C=O) groups is 1. The number of amides is 1. The largest absolute Gasteiger partial charge is 0.483 e. The SMILES string of the molecule is COCC1(CNC(=O)COc2c(C)cccc2C)CCNCC1.Cl. The van der Waals surface area contributed by atoms with Crippen LogP contribution in [0.15, 0.2) is 18.2 Å². The standard InChI is InChI=1S/C18H28N2O3.ClH/c1-14-5-4-6-15(2)17(14)23-11-16(21)20-12-18(13-22-3)7-9-19-10-8-18;/h4-6,19H,7-13H2,1-3H3,(H,20,21);1H. The van der Waals surface area contributed by atoms with Crippen molar-refractivity contribution in [1.82, 2.24) is 10.6 Å². The number of para-hydroxylation sites is 1. The summed E-state index contributed by atoms with van der Waals surface area (Å²) in [6.45, 7) is 7.28. The van der Waals surface area contributed by atoms with E-state index in [1.807, 2.05) is 32.0 Å². The first-order valence-corrected chi connectivity index (χ1v) is 8.22. The average molecular weight is 357 g/mol. The molecule has 0 spiro atoms. The number of ether oxygens (including phenoxy) is 2. The van der Waals surface area contributed by atoms with Crippen molar-refractivity contribution in [3.8, 4) is 5.75 Å². The monoisotopic (exact) mass is 356 g/mol.